The third kappa shape index (κ3) is 5.68. The molecule has 4 rings (SSSR count). The second-order valence-electron chi connectivity index (χ2n) is 7.76. The fourth-order valence-corrected chi connectivity index (χ4v) is 3.67. The average Bonchev–Trinajstić information content (AvgIpc) is 3.40. The van der Waals surface area contributed by atoms with Gasteiger partial charge in [-0.25, -0.2) is 14.7 Å². The van der Waals surface area contributed by atoms with Crippen LogP contribution in [0.4, 0.5) is 13.2 Å². The fraction of sp³-hybridized carbons (Fsp3) is 0.409. The number of aliphatic imine (C=N–C) groups is 1. The molecule has 2 aromatic heterocycles. The maximum Gasteiger partial charge on any atom is 0.416 e. The van der Waals surface area contributed by atoms with Crippen LogP contribution in [0, 0.1) is 6.92 Å². The summed E-state index contributed by atoms with van der Waals surface area (Å²) in [4.78, 5) is 8.97. The Morgan fingerprint density at radius 2 is 2.16 bits per heavy atom. The SMILES string of the molecule is Cc1nc2n(n1)CC(NC(=NCc1cccc(C(F)(F)F)c1)NCCc1ccco1)CC2. The molecule has 10 heteroatoms. The van der Waals surface area contributed by atoms with Crippen molar-refractivity contribution >= 4 is 5.96 Å². The normalized spacial score (nSPS) is 16.6. The van der Waals surface area contributed by atoms with E-state index in [2.05, 4.69) is 25.7 Å². The standard InChI is InChI=1S/C22H25F3N6O/c1-15-28-20-8-7-18(14-31(20)30-15)29-21(26-10-9-19-6-3-11-32-19)27-13-16-4-2-5-17(12-16)22(23,24)25/h2-6,11-12,18H,7-10,13-14H2,1H3,(H2,26,27,29). The minimum atomic E-state index is -4.38. The van der Waals surface area contributed by atoms with Gasteiger partial charge >= 0.3 is 6.18 Å². The topological polar surface area (TPSA) is 80.3 Å². The maximum absolute atomic E-state index is 13.0. The van der Waals surface area contributed by atoms with Gasteiger partial charge in [0.1, 0.15) is 17.4 Å². The van der Waals surface area contributed by atoms with Gasteiger partial charge in [-0.05, 0) is 43.2 Å². The Bertz CT molecular complexity index is 1060. The average molecular weight is 446 g/mol. The molecule has 7 nitrogen and oxygen atoms in total. The predicted octanol–water partition coefficient (Wildman–Crippen LogP) is 3.49. The first kappa shape index (κ1) is 21.9. The number of hydrogen-bond donors (Lipinski definition) is 2. The zero-order valence-electron chi connectivity index (χ0n) is 17.7. The molecule has 1 unspecified atom stereocenters. The summed E-state index contributed by atoms with van der Waals surface area (Å²) in [6.07, 6.45) is -0.436. The van der Waals surface area contributed by atoms with Crippen LogP contribution in [0.5, 0.6) is 0 Å². The summed E-state index contributed by atoms with van der Waals surface area (Å²) < 4.78 is 46.3. The molecule has 0 radical (unpaired) electrons. The number of benzene rings is 1. The van der Waals surface area contributed by atoms with Crippen molar-refractivity contribution in [2.45, 2.75) is 51.5 Å². The van der Waals surface area contributed by atoms with E-state index in [1.54, 1.807) is 12.3 Å². The monoisotopic (exact) mass is 446 g/mol. The number of fused-ring (bicyclic) bond motifs is 1. The highest BCUT2D eigenvalue weighted by Gasteiger charge is 2.30. The van der Waals surface area contributed by atoms with E-state index in [-0.39, 0.29) is 12.6 Å². The largest absolute Gasteiger partial charge is 0.469 e. The summed E-state index contributed by atoms with van der Waals surface area (Å²) in [7, 11) is 0. The summed E-state index contributed by atoms with van der Waals surface area (Å²) in [5, 5.41) is 11.1. The number of aromatic nitrogens is 3. The highest BCUT2D eigenvalue weighted by atomic mass is 19.4. The second kappa shape index (κ2) is 9.46. The van der Waals surface area contributed by atoms with E-state index < -0.39 is 11.7 Å². The van der Waals surface area contributed by atoms with Crippen LogP contribution in [0.15, 0.2) is 52.1 Å². The first-order chi connectivity index (χ1) is 15.4. The van der Waals surface area contributed by atoms with E-state index >= 15 is 0 Å². The minimum absolute atomic E-state index is 0.0833. The van der Waals surface area contributed by atoms with Crippen molar-refractivity contribution in [3.05, 3.63) is 71.2 Å². The van der Waals surface area contributed by atoms with Gasteiger partial charge in [-0.2, -0.15) is 18.3 Å². The van der Waals surface area contributed by atoms with E-state index in [1.807, 2.05) is 23.7 Å². The van der Waals surface area contributed by atoms with Crippen LogP contribution in [-0.4, -0.2) is 33.3 Å². The van der Waals surface area contributed by atoms with Crippen molar-refractivity contribution in [3.63, 3.8) is 0 Å². The molecule has 1 aromatic carbocycles. The van der Waals surface area contributed by atoms with Gasteiger partial charge in [0.05, 0.1) is 24.9 Å². The lowest BCUT2D eigenvalue weighted by Crippen LogP contribution is -2.47. The molecule has 3 aromatic rings. The molecule has 1 aliphatic rings. The zero-order chi connectivity index (χ0) is 22.6. The van der Waals surface area contributed by atoms with E-state index in [0.717, 1.165) is 42.4 Å². The molecule has 32 heavy (non-hydrogen) atoms. The van der Waals surface area contributed by atoms with E-state index in [9.17, 15) is 13.2 Å². The van der Waals surface area contributed by atoms with Crippen molar-refractivity contribution in [2.24, 2.45) is 4.99 Å². The number of furan rings is 1. The molecule has 0 fully saturated rings. The molecule has 0 bridgehead atoms. The highest BCUT2D eigenvalue weighted by molar-refractivity contribution is 5.80. The molecule has 0 amide bonds. The molecule has 0 saturated heterocycles. The van der Waals surface area contributed by atoms with Crippen molar-refractivity contribution in [3.8, 4) is 0 Å². The van der Waals surface area contributed by atoms with Crippen LogP contribution < -0.4 is 10.6 Å². The summed E-state index contributed by atoms with van der Waals surface area (Å²) >= 11 is 0. The number of guanidine groups is 1. The molecule has 0 spiro atoms. The molecule has 170 valence electrons. The van der Waals surface area contributed by atoms with Gasteiger partial charge in [-0.1, -0.05) is 12.1 Å². The third-order valence-corrected chi connectivity index (χ3v) is 5.22. The summed E-state index contributed by atoms with van der Waals surface area (Å²) in [6, 6.07) is 9.05. The number of nitrogens with one attached hydrogen (secondary N) is 2. The van der Waals surface area contributed by atoms with Crippen LogP contribution in [0.2, 0.25) is 0 Å². The van der Waals surface area contributed by atoms with Gasteiger partial charge in [-0.15, -0.1) is 0 Å². The Balaban J connectivity index is 1.44. The van der Waals surface area contributed by atoms with Crippen molar-refractivity contribution in [1.29, 1.82) is 0 Å². The van der Waals surface area contributed by atoms with Crippen LogP contribution in [-0.2, 0) is 32.1 Å². The van der Waals surface area contributed by atoms with Crippen molar-refractivity contribution in [2.75, 3.05) is 6.54 Å². The molecular formula is C22H25F3N6O. The smallest absolute Gasteiger partial charge is 0.416 e. The van der Waals surface area contributed by atoms with E-state index in [4.69, 9.17) is 4.42 Å². The lowest BCUT2D eigenvalue weighted by atomic mass is 10.1. The summed E-state index contributed by atoms with van der Waals surface area (Å²) in [5.41, 5.74) is -0.184. The lowest BCUT2D eigenvalue weighted by molar-refractivity contribution is -0.137. The Hall–Kier alpha value is -3.30. The molecule has 2 N–H and O–H groups in total. The number of nitrogens with zero attached hydrogens (tertiary/aromatic N) is 4. The Morgan fingerprint density at radius 1 is 1.28 bits per heavy atom. The molecule has 1 atom stereocenters. The van der Waals surface area contributed by atoms with Crippen LogP contribution >= 0.6 is 0 Å². The third-order valence-electron chi connectivity index (χ3n) is 5.22. The summed E-state index contributed by atoms with van der Waals surface area (Å²) in [6.45, 7) is 3.22. The van der Waals surface area contributed by atoms with Gasteiger partial charge in [0.25, 0.3) is 0 Å². The van der Waals surface area contributed by atoms with Crippen LogP contribution in [0.1, 0.15) is 35.0 Å². The molecule has 0 aliphatic carbocycles. The van der Waals surface area contributed by atoms with E-state index in [1.165, 1.54) is 6.07 Å². The van der Waals surface area contributed by atoms with Crippen LogP contribution in [0.25, 0.3) is 0 Å². The van der Waals surface area contributed by atoms with Gasteiger partial charge in [0.2, 0.25) is 0 Å². The molecule has 3 heterocycles. The minimum Gasteiger partial charge on any atom is -0.469 e. The van der Waals surface area contributed by atoms with Crippen LogP contribution in [0.3, 0.4) is 0 Å². The number of hydrogen-bond acceptors (Lipinski definition) is 4. The molecule has 1 aliphatic heterocycles. The predicted molar refractivity (Wildman–Crippen MR) is 113 cm³/mol. The second-order valence-corrected chi connectivity index (χ2v) is 7.76. The summed E-state index contributed by atoms with van der Waals surface area (Å²) in [5.74, 6) is 3.10. The molecule has 0 saturated carbocycles. The Kier molecular flexibility index (Phi) is 6.48. The quantitative estimate of drug-likeness (QED) is 0.448. The van der Waals surface area contributed by atoms with Gasteiger partial charge in [-0.3, -0.25) is 0 Å². The van der Waals surface area contributed by atoms with E-state index in [0.29, 0.717) is 31.0 Å². The maximum atomic E-state index is 13.0. The zero-order valence-corrected chi connectivity index (χ0v) is 17.7. The fourth-order valence-electron chi connectivity index (χ4n) is 3.67. The first-order valence-corrected chi connectivity index (χ1v) is 10.5. The number of rotatable bonds is 6. The Morgan fingerprint density at radius 3 is 2.94 bits per heavy atom. The first-order valence-electron chi connectivity index (χ1n) is 10.5. The van der Waals surface area contributed by atoms with Crippen molar-refractivity contribution in [1.82, 2.24) is 25.4 Å². The van der Waals surface area contributed by atoms with Gasteiger partial charge in [0.15, 0.2) is 5.96 Å². The van der Waals surface area contributed by atoms with Gasteiger partial charge in [0, 0.05) is 25.4 Å². The highest BCUT2D eigenvalue weighted by Crippen LogP contribution is 2.29. The van der Waals surface area contributed by atoms with Crippen molar-refractivity contribution < 1.29 is 17.6 Å². The Labute approximate surface area is 183 Å². The lowest BCUT2D eigenvalue weighted by Gasteiger charge is -2.25. The number of alkyl halides is 3. The van der Waals surface area contributed by atoms with Gasteiger partial charge < -0.3 is 15.1 Å². The number of halogens is 3. The number of aryl methyl sites for hydroxylation is 2. The molecular weight excluding hydrogens is 421 g/mol.